The number of ether oxygens (including phenoxy) is 1. The van der Waals surface area contributed by atoms with Crippen molar-refractivity contribution in [2.24, 2.45) is 0 Å². The number of alkyl carbamates (subject to hydrolysis) is 1. The number of carboxylic acids is 1. The quantitative estimate of drug-likeness (QED) is 0.155. The van der Waals surface area contributed by atoms with Crippen LogP contribution >= 0.6 is 0 Å². The smallest absolute Gasteiger partial charge is 0.475 e. The van der Waals surface area contributed by atoms with Crippen molar-refractivity contribution in [2.45, 2.75) is 95.5 Å². The molecule has 0 spiro atoms. The molecule has 4 N–H and O–H groups in total. The number of rotatable bonds is 9. The van der Waals surface area contributed by atoms with Crippen LogP contribution in [0.4, 0.5) is 18.0 Å². The topological polar surface area (TPSA) is 188 Å². The first-order chi connectivity index (χ1) is 25.5. The highest BCUT2D eigenvalue weighted by molar-refractivity contribution is 7.90. The molecule has 0 unspecified atom stereocenters. The number of benzene rings is 3. The van der Waals surface area contributed by atoms with Crippen LogP contribution in [0.5, 0.6) is 0 Å². The van der Waals surface area contributed by atoms with E-state index in [0.29, 0.717) is 17.8 Å². The summed E-state index contributed by atoms with van der Waals surface area (Å²) in [5.41, 5.74) is 2.10. The number of aromatic nitrogens is 2. The molecule has 5 rings (SSSR count). The van der Waals surface area contributed by atoms with Gasteiger partial charge in [0.2, 0.25) is 21.8 Å². The Morgan fingerprint density at radius 3 is 1.98 bits per heavy atom. The number of halogens is 3. The molecule has 0 saturated carbocycles. The minimum Gasteiger partial charge on any atom is -0.475 e. The van der Waals surface area contributed by atoms with Crippen molar-refractivity contribution < 1.29 is 50.6 Å². The van der Waals surface area contributed by atoms with Gasteiger partial charge >= 0.3 is 18.2 Å². The van der Waals surface area contributed by atoms with Crippen molar-refractivity contribution in [3.8, 4) is 0 Å². The summed E-state index contributed by atoms with van der Waals surface area (Å²) in [5, 5.41) is 12.0. The summed E-state index contributed by atoms with van der Waals surface area (Å²) in [5.74, 6) is -3.08. The number of nitrogens with zero attached hydrogens (tertiary/aromatic N) is 2. The zero-order chi connectivity index (χ0) is 40.9. The van der Waals surface area contributed by atoms with Crippen LogP contribution in [0.1, 0.15) is 81.8 Å². The summed E-state index contributed by atoms with van der Waals surface area (Å²) < 4.78 is 64.9. The van der Waals surface area contributed by atoms with Gasteiger partial charge in [0.15, 0.2) is 0 Å². The van der Waals surface area contributed by atoms with Gasteiger partial charge in [-0.15, -0.1) is 0 Å². The van der Waals surface area contributed by atoms with Crippen LogP contribution in [0, 0.1) is 0 Å². The number of para-hydroxylation sites is 2. The van der Waals surface area contributed by atoms with Crippen molar-refractivity contribution in [2.75, 3.05) is 0 Å². The number of hydrogen-bond acceptors (Lipinski definition) is 8. The van der Waals surface area contributed by atoms with Gasteiger partial charge in [0.05, 0.1) is 29.0 Å². The van der Waals surface area contributed by atoms with Crippen molar-refractivity contribution in [3.63, 3.8) is 0 Å². The second-order valence-electron chi connectivity index (χ2n) is 14.9. The Morgan fingerprint density at radius 1 is 0.891 bits per heavy atom. The molecule has 3 amide bonds. The number of nitrogens with one attached hydrogen (secondary N) is 3. The summed E-state index contributed by atoms with van der Waals surface area (Å²) in [6, 6.07) is 22.4. The number of aromatic amines is 1. The van der Waals surface area contributed by atoms with Gasteiger partial charge in [0.25, 0.3) is 0 Å². The highest BCUT2D eigenvalue weighted by Gasteiger charge is 2.49. The molecule has 0 bridgehead atoms. The van der Waals surface area contributed by atoms with Gasteiger partial charge in [-0.1, -0.05) is 66.7 Å². The highest BCUT2D eigenvalue weighted by atomic mass is 32.2. The Morgan fingerprint density at radius 2 is 1.45 bits per heavy atom. The molecule has 1 aliphatic rings. The standard InChI is InChI=1S/C36H43N5O6S.C2HF3O2/c1-35(2,3)41-31(42)22-30(48(41,45)46)25-18-16-24(17-19-25)20-28(32-37-26-14-10-11-15-27(26)38-32)39-33(43)29(21-23-12-8-7-9-13-23)40-34(44)47-36(4,5)6;3-2(4,5)1(6)7/h7-19,28-30H,20-22H2,1-6H3,(H,37,38)(H,39,43)(H,40,44);(H,6,7)/t28-,29-,30-;/m0./s1. The monoisotopic (exact) mass is 787 g/mol. The Bertz CT molecular complexity index is 2080. The number of carbonyl (C=O) groups is 4. The summed E-state index contributed by atoms with van der Waals surface area (Å²) in [6.45, 7) is 10.4. The van der Waals surface area contributed by atoms with Gasteiger partial charge in [0.1, 0.15) is 22.7 Å². The van der Waals surface area contributed by atoms with E-state index in [1.807, 2.05) is 54.6 Å². The van der Waals surface area contributed by atoms with Crippen LogP contribution in [0.3, 0.4) is 0 Å². The van der Waals surface area contributed by atoms with Gasteiger partial charge in [0, 0.05) is 6.42 Å². The van der Waals surface area contributed by atoms with E-state index in [9.17, 15) is 36.0 Å². The molecule has 1 fully saturated rings. The van der Waals surface area contributed by atoms with Gasteiger partial charge in [-0.05, 0) is 76.8 Å². The van der Waals surface area contributed by atoms with E-state index in [0.717, 1.165) is 26.5 Å². The molecule has 1 saturated heterocycles. The lowest BCUT2D eigenvalue weighted by Gasteiger charge is -2.30. The predicted molar refractivity (Wildman–Crippen MR) is 197 cm³/mol. The van der Waals surface area contributed by atoms with Crippen LogP contribution in [0.15, 0.2) is 78.9 Å². The number of aliphatic carboxylic acids is 1. The van der Waals surface area contributed by atoms with E-state index in [2.05, 4.69) is 15.6 Å². The molecule has 3 atom stereocenters. The number of sulfonamides is 1. The third-order valence-corrected chi connectivity index (χ3v) is 10.6. The molecule has 55 heavy (non-hydrogen) atoms. The lowest BCUT2D eigenvalue weighted by molar-refractivity contribution is -0.192. The number of H-pyrrole nitrogens is 1. The first-order valence-electron chi connectivity index (χ1n) is 17.2. The van der Waals surface area contributed by atoms with Crippen molar-refractivity contribution in [1.29, 1.82) is 0 Å². The lowest BCUT2D eigenvalue weighted by Crippen LogP contribution is -2.50. The Balaban J connectivity index is 0.000000876. The zero-order valence-electron chi connectivity index (χ0n) is 31.1. The van der Waals surface area contributed by atoms with E-state index in [-0.39, 0.29) is 12.8 Å². The molecular formula is C38H44F3N5O8S. The second-order valence-corrected chi connectivity index (χ2v) is 16.9. The molecule has 0 aliphatic carbocycles. The second kappa shape index (κ2) is 16.5. The lowest BCUT2D eigenvalue weighted by atomic mass is 10.0. The maximum absolute atomic E-state index is 14.0. The molecule has 2 heterocycles. The summed E-state index contributed by atoms with van der Waals surface area (Å²) in [7, 11) is -3.89. The van der Waals surface area contributed by atoms with Crippen LogP contribution in [-0.2, 0) is 42.0 Å². The molecule has 3 aromatic carbocycles. The first kappa shape index (κ1) is 42.3. The fourth-order valence-corrected chi connectivity index (χ4v) is 8.13. The normalized spacial score (nSPS) is 16.8. The van der Waals surface area contributed by atoms with E-state index in [4.69, 9.17) is 19.6 Å². The van der Waals surface area contributed by atoms with Crippen LogP contribution in [0.2, 0.25) is 0 Å². The molecule has 4 aromatic rings. The van der Waals surface area contributed by atoms with E-state index in [1.165, 1.54) is 0 Å². The number of carbonyl (C=O) groups excluding carboxylic acids is 3. The van der Waals surface area contributed by atoms with Gasteiger partial charge in [-0.2, -0.15) is 13.2 Å². The number of amides is 3. The first-order valence-corrected chi connectivity index (χ1v) is 18.7. The number of alkyl halides is 3. The predicted octanol–water partition coefficient (Wildman–Crippen LogP) is 6.13. The maximum Gasteiger partial charge on any atom is 0.490 e. The van der Waals surface area contributed by atoms with Crippen molar-refractivity contribution >= 4 is 44.9 Å². The maximum atomic E-state index is 14.0. The SMILES string of the molecule is CC(C)(C)OC(=O)N[C@@H](Cc1ccccc1)C(=O)N[C@@H](Cc1ccc([C@@H]2CC(=O)N(C(C)(C)C)S2(=O)=O)cc1)c1nc2ccccc2[nH]1.O=C(O)C(F)(F)F. The average molecular weight is 788 g/mol. The molecule has 1 aliphatic heterocycles. The number of carboxylic acid groups (broad SMARTS) is 1. The summed E-state index contributed by atoms with van der Waals surface area (Å²) in [6.07, 6.45) is -5.38. The third kappa shape index (κ3) is 11.3. The highest BCUT2D eigenvalue weighted by Crippen LogP contribution is 2.40. The number of fused-ring (bicyclic) bond motifs is 1. The fraction of sp³-hybridized carbons (Fsp3) is 0.395. The van der Waals surface area contributed by atoms with E-state index < -0.39 is 68.6 Å². The molecular weight excluding hydrogens is 744 g/mol. The van der Waals surface area contributed by atoms with Crippen LogP contribution < -0.4 is 10.6 Å². The Hall–Kier alpha value is -5.45. The Labute approximate surface area is 316 Å². The Kier molecular flexibility index (Phi) is 12.7. The molecule has 17 heteroatoms. The number of hydrogen-bond donors (Lipinski definition) is 4. The van der Waals surface area contributed by atoms with Gasteiger partial charge in [-0.25, -0.2) is 27.3 Å². The average Bonchev–Trinajstić information content (AvgIpc) is 3.61. The van der Waals surface area contributed by atoms with E-state index in [1.54, 1.807) is 65.8 Å². The van der Waals surface area contributed by atoms with Crippen molar-refractivity contribution in [1.82, 2.24) is 24.9 Å². The minimum atomic E-state index is -5.08. The zero-order valence-corrected chi connectivity index (χ0v) is 31.9. The largest absolute Gasteiger partial charge is 0.490 e. The van der Waals surface area contributed by atoms with E-state index >= 15 is 0 Å². The van der Waals surface area contributed by atoms with Gasteiger partial charge in [-0.3, -0.25) is 9.59 Å². The minimum absolute atomic E-state index is 0.121. The molecule has 1 aromatic heterocycles. The fourth-order valence-electron chi connectivity index (χ4n) is 5.90. The molecule has 296 valence electrons. The number of imidazole rings is 1. The summed E-state index contributed by atoms with van der Waals surface area (Å²) >= 11 is 0. The van der Waals surface area contributed by atoms with Gasteiger partial charge < -0.3 is 25.5 Å². The summed E-state index contributed by atoms with van der Waals surface area (Å²) in [4.78, 5) is 56.5. The molecule has 13 nitrogen and oxygen atoms in total. The molecule has 0 radical (unpaired) electrons. The third-order valence-electron chi connectivity index (χ3n) is 8.19. The van der Waals surface area contributed by atoms with Crippen molar-refractivity contribution in [3.05, 3.63) is 101 Å². The van der Waals surface area contributed by atoms with Crippen LogP contribution in [0.25, 0.3) is 11.0 Å². The van der Waals surface area contributed by atoms with Crippen LogP contribution in [-0.4, -0.2) is 75.0 Å².